The average Bonchev–Trinajstić information content (AvgIpc) is 1.69. The van der Waals surface area contributed by atoms with Crippen LogP contribution in [0.5, 0.6) is 0 Å². The normalized spacial score (nSPS) is 13.3. The average molecular weight is 1210 g/mol. The lowest BCUT2D eigenvalue weighted by Crippen LogP contribution is -2.75. The van der Waals surface area contributed by atoms with Crippen molar-refractivity contribution in [3.05, 3.63) is 230 Å². The van der Waals surface area contributed by atoms with Crippen molar-refractivity contribution in [3.8, 4) is 0 Å². The maximum absolute atomic E-state index is 14.2. The number of rotatable bonds is 8. The second-order valence-electron chi connectivity index (χ2n) is 18.5. The Hall–Kier alpha value is -7.38. The molecule has 0 aliphatic heterocycles. The van der Waals surface area contributed by atoms with Gasteiger partial charge in [0.15, 0.2) is 12.2 Å². The van der Waals surface area contributed by atoms with Crippen LogP contribution in [-0.4, -0.2) is 6.15 Å². The van der Waals surface area contributed by atoms with Crippen molar-refractivity contribution in [2.24, 2.45) is 0 Å². The lowest BCUT2D eigenvalue weighted by Gasteiger charge is -2.46. The first-order chi connectivity index (χ1) is 37.6. The van der Waals surface area contributed by atoms with Gasteiger partial charge in [-0.15, -0.1) is 0 Å². The largest absolute Gasteiger partial charge is 0.416 e. The van der Waals surface area contributed by atoms with Crippen molar-refractivity contribution in [3.63, 3.8) is 0 Å². The molecule has 0 radical (unpaired) electrons. The molecule has 1 aromatic heterocycles. The SMILES string of the molecule is Clc1cccc(Cc2ccc3ccccc3[n+]2Cc2ccccc2)c1.FC(F)(F)c1cc([B-](c2cc(C(F)(F)F)cc(C(F)(F)F)c2)(c2cc(C(F)(F)F)cc(C(F)(F)F)c2)c2cc(C(F)(F)F)cc(C(F)(F)F)c2)cc(C(F)(F)F)c1. The first-order valence-electron chi connectivity index (χ1n) is 23.1. The van der Waals surface area contributed by atoms with Crippen LogP contribution in [0.25, 0.3) is 10.9 Å². The van der Waals surface area contributed by atoms with E-state index in [1.807, 2.05) is 18.2 Å². The molecule has 0 unspecified atom stereocenters. The Bertz CT molecular complexity index is 3170. The molecule has 1 heterocycles. The number of hydrogen-bond acceptors (Lipinski definition) is 0. The Balaban J connectivity index is 0.000000318. The molecule has 434 valence electrons. The number of para-hydroxylation sites is 1. The maximum Gasteiger partial charge on any atom is 0.416 e. The van der Waals surface area contributed by atoms with Gasteiger partial charge in [0, 0.05) is 28.1 Å². The van der Waals surface area contributed by atoms with Crippen LogP contribution in [0.1, 0.15) is 61.3 Å². The molecule has 82 heavy (non-hydrogen) atoms. The zero-order valence-electron chi connectivity index (χ0n) is 40.5. The zero-order valence-corrected chi connectivity index (χ0v) is 41.2. The first kappa shape index (κ1) is 62.2. The van der Waals surface area contributed by atoms with Gasteiger partial charge in [-0.3, -0.25) is 0 Å². The molecule has 0 bridgehead atoms. The summed E-state index contributed by atoms with van der Waals surface area (Å²) in [6.07, 6.45) is -53.9. The first-order valence-corrected chi connectivity index (χ1v) is 23.5. The van der Waals surface area contributed by atoms with E-state index < -0.39 is 195 Å². The van der Waals surface area contributed by atoms with Gasteiger partial charge < -0.3 is 0 Å². The highest BCUT2D eigenvalue weighted by Gasteiger charge is 2.47. The number of alkyl halides is 24. The molecule has 7 aromatic carbocycles. The van der Waals surface area contributed by atoms with Gasteiger partial charge in [0.1, 0.15) is 6.15 Å². The molecule has 8 aromatic rings. The lowest BCUT2D eigenvalue weighted by atomic mass is 9.12. The highest BCUT2D eigenvalue weighted by molar-refractivity contribution is 7.20. The second-order valence-corrected chi connectivity index (χ2v) is 18.9. The Morgan fingerprint density at radius 1 is 0.305 bits per heavy atom. The van der Waals surface area contributed by atoms with Crippen LogP contribution < -0.4 is 26.4 Å². The fraction of sp³-hybridized carbons (Fsp3) is 0.182. The molecule has 1 nitrogen and oxygen atoms in total. The molecule has 0 fully saturated rings. The fourth-order valence-electron chi connectivity index (χ4n) is 9.34. The van der Waals surface area contributed by atoms with Crippen LogP contribution in [0.4, 0.5) is 105 Å². The quantitative estimate of drug-likeness (QED) is 0.0811. The van der Waals surface area contributed by atoms with E-state index in [0.29, 0.717) is 0 Å². The van der Waals surface area contributed by atoms with E-state index in [-0.39, 0.29) is 0 Å². The Kier molecular flexibility index (Phi) is 16.8. The van der Waals surface area contributed by atoms with E-state index in [2.05, 4.69) is 77.4 Å². The van der Waals surface area contributed by atoms with Gasteiger partial charge >= 0.3 is 49.4 Å². The van der Waals surface area contributed by atoms with E-state index in [1.165, 1.54) is 27.7 Å². The third kappa shape index (κ3) is 14.1. The van der Waals surface area contributed by atoms with Gasteiger partial charge in [-0.05, 0) is 54.1 Å². The Labute approximate surface area is 451 Å². The zero-order chi connectivity index (χ0) is 61.0. The maximum atomic E-state index is 14.2. The minimum Gasteiger partial charge on any atom is -0.194 e. The minimum absolute atomic E-state index is 0.691. The van der Waals surface area contributed by atoms with E-state index in [0.717, 1.165) is 18.0 Å². The van der Waals surface area contributed by atoms with Crippen LogP contribution in [0, 0.1) is 0 Å². The summed E-state index contributed by atoms with van der Waals surface area (Å²) in [7, 11) is 0. The summed E-state index contributed by atoms with van der Waals surface area (Å²) in [4.78, 5) is 0. The van der Waals surface area contributed by atoms with E-state index in [4.69, 9.17) is 11.6 Å². The number of nitrogens with zero attached hydrogens (tertiary/aromatic N) is 1. The molecule has 0 amide bonds. The predicted octanol–water partition coefficient (Wildman–Crippen LogP) is 16.6. The summed E-state index contributed by atoms with van der Waals surface area (Å²) < 4.78 is 343. The molecule has 0 N–H and O–H groups in total. The molecule has 0 aliphatic rings. The van der Waals surface area contributed by atoms with E-state index in [1.54, 1.807) is 0 Å². The molecule has 8 rings (SSSR count). The summed E-state index contributed by atoms with van der Waals surface area (Å²) in [6, 6.07) is 22.9. The van der Waals surface area contributed by atoms with Gasteiger partial charge in [-0.25, -0.2) is 0 Å². The van der Waals surface area contributed by atoms with Gasteiger partial charge in [0.05, 0.1) is 50.9 Å². The topological polar surface area (TPSA) is 3.88 Å². The van der Waals surface area contributed by atoms with Crippen molar-refractivity contribution < 1.29 is 110 Å². The third-order valence-electron chi connectivity index (χ3n) is 12.9. The van der Waals surface area contributed by atoms with Crippen molar-refractivity contribution in [1.29, 1.82) is 0 Å². The van der Waals surface area contributed by atoms with E-state index >= 15 is 0 Å². The second kappa shape index (κ2) is 22.1. The Morgan fingerprint density at radius 2 is 0.610 bits per heavy atom. The summed E-state index contributed by atoms with van der Waals surface area (Å²) >= 11 is 6.17. The molecule has 0 spiro atoms. The number of pyridine rings is 1. The predicted molar refractivity (Wildman–Crippen MR) is 254 cm³/mol. The van der Waals surface area contributed by atoms with Crippen molar-refractivity contribution >= 4 is 50.5 Å². The standard InChI is InChI=1S/C32H12BF24.C23H19ClN/c34-25(35,36)13-1-14(26(37,38)39)6-21(5-13)33(22-7-15(27(40,41)42)2-16(8-22)28(43,44)45,23-9-17(29(46,47)48)3-18(10-23)30(49,50)51)24-11-19(31(52,53)54)4-20(12-24)32(55,56)57;24-21-11-6-9-19(15-21)16-22-14-13-20-10-4-5-12-23(20)25(22)17-18-7-2-1-3-8-18/h1-12H;1-15H,16-17H2/q-1;+1. The van der Waals surface area contributed by atoms with Crippen LogP contribution in [0.3, 0.4) is 0 Å². The van der Waals surface area contributed by atoms with Crippen LogP contribution in [-0.2, 0) is 62.4 Å². The molecule has 27 heteroatoms. The smallest absolute Gasteiger partial charge is 0.194 e. The third-order valence-corrected chi connectivity index (χ3v) is 13.2. The molecule has 0 aliphatic carbocycles. The number of fused-ring (bicyclic) bond motifs is 1. The van der Waals surface area contributed by atoms with Gasteiger partial charge in [0.2, 0.25) is 5.52 Å². The number of halogens is 25. The number of hydrogen-bond donors (Lipinski definition) is 0. The lowest BCUT2D eigenvalue weighted by molar-refractivity contribution is -0.669. The fourth-order valence-corrected chi connectivity index (χ4v) is 9.55. The minimum atomic E-state index is -6.13. The summed E-state index contributed by atoms with van der Waals surface area (Å²) in [5.74, 6) is 0. The highest BCUT2D eigenvalue weighted by atomic mass is 35.5. The molecular formula is C55H31BClF24N. The van der Waals surface area contributed by atoms with Gasteiger partial charge in [-0.1, -0.05) is 115 Å². The summed E-state index contributed by atoms with van der Waals surface area (Å²) in [6.45, 7) is 0.859. The van der Waals surface area contributed by atoms with Crippen LogP contribution in [0.2, 0.25) is 5.02 Å². The Morgan fingerprint density at radius 3 is 0.927 bits per heavy atom. The summed E-state index contributed by atoms with van der Waals surface area (Å²) in [5, 5.41) is 2.04. The molecule has 0 saturated carbocycles. The van der Waals surface area contributed by atoms with Gasteiger partial charge in [0.25, 0.3) is 0 Å². The van der Waals surface area contributed by atoms with Gasteiger partial charge in [-0.2, -0.15) is 132 Å². The van der Waals surface area contributed by atoms with Crippen molar-refractivity contribution in [1.82, 2.24) is 0 Å². The number of aromatic nitrogens is 1. The van der Waals surface area contributed by atoms with Crippen LogP contribution >= 0.6 is 11.6 Å². The van der Waals surface area contributed by atoms with Crippen molar-refractivity contribution in [2.45, 2.75) is 62.4 Å². The van der Waals surface area contributed by atoms with Crippen LogP contribution in [0.15, 0.2) is 164 Å². The highest BCUT2D eigenvalue weighted by Crippen LogP contribution is 2.41. The van der Waals surface area contributed by atoms with Crippen molar-refractivity contribution in [2.75, 3.05) is 0 Å². The monoisotopic (exact) mass is 1210 g/mol. The molecule has 0 saturated heterocycles. The molecule has 0 atom stereocenters. The molecular weight excluding hydrogens is 1180 g/mol. The summed E-state index contributed by atoms with van der Waals surface area (Å²) in [5.41, 5.74) is -25.1. The number of benzene rings is 7. The van der Waals surface area contributed by atoms with E-state index in [9.17, 15) is 105 Å².